The zero-order valence-electron chi connectivity index (χ0n) is 13.8. The van der Waals surface area contributed by atoms with Crippen molar-refractivity contribution in [2.75, 3.05) is 14.1 Å². The molecule has 0 aliphatic carbocycles. The third kappa shape index (κ3) is 3.22. The molecule has 2 aromatic carbocycles. The fraction of sp³-hybridized carbons (Fsp3) is 0.167. The third-order valence-electron chi connectivity index (χ3n) is 3.83. The Hall–Kier alpha value is -3.19. The molecule has 0 fully saturated rings. The van der Waals surface area contributed by atoms with E-state index in [-0.39, 0.29) is 23.0 Å². The van der Waals surface area contributed by atoms with Crippen LogP contribution >= 0.6 is 0 Å². The van der Waals surface area contributed by atoms with Crippen molar-refractivity contribution in [3.05, 3.63) is 69.0 Å². The highest BCUT2D eigenvalue weighted by molar-refractivity contribution is 6.15. The first-order valence-corrected chi connectivity index (χ1v) is 7.69. The summed E-state index contributed by atoms with van der Waals surface area (Å²) in [5.41, 5.74) is 1.38. The van der Waals surface area contributed by atoms with Crippen LogP contribution in [0.25, 0.3) is 6.08 Å². The van der Waals surface area contributed by atoms with Crippen LogP contribution in [0.2, 0.25) is 0 Å². The highest BCUT2D eigenvalue weighted by atomic mass is 16.6. The summed E-state index contributed by atoms with van der Waals surface area (Å²) in [6.45, 7) is 0.492. The number of nitro benzene ring substituents is 1. The number of benzene rings is 2. The molecule has 0 bridgehead atoms. The minimum Gasteiger partial charge on any atom is -0.507 e. The Morgan fingerprint density at radius 3 is 2.72 bits per heavy atom. The monoisotopic (exact) mass is 341 g/mol. The van der Waals surface area contributed by atoms with Gasteiger partial charge in [-0.15, -0.1) is 0 Å². The number of nitro groups is 1. The van der Waals surface area contributed by atoms with Crippen molar-refractivity contribution in [1.82, 2.24) is 0 Å². The quantitative estimate of drug-likeness (QED) is 0.500. The Balaban J connectivity index is 2.00. The van der Waals surface area contributed by atoms with Gasteiger partial charge in [-0.05, 0) is 23.8 Å². The van der Waals surface area contributed by atoms with Crippen molar-refractivity contribution in [2.24, 2.45) is 0 Å². The molecule has 2 N–H and O–H groups in total. The van der Waals surface area contributed by atoms with Crippen LogP contribution in [0.5, 0.6) is 11.5 Å². The van der Waals surface area contributed by atoms with Gasteiger partial charge >= 0.3 is 0 Å². The molecule has 25 heavy (non-hydrogen) atoms. The number of non-ortho nitro benzene ring substituents is 1. The molecule has 0 amide bonds. The van der Waals surface area contributed by atoms with Gasteiger partial charge in [-0.3, -0.25) is 14.9 Å². The maximum atomic E-state index is 12.6. The van der Waals surface area contributed by atoms with Crippen LogP contribution in [0, 0.1) is 10.1 Å². The zero-order valence-corrected chi connectivity index (χ0v) is 13.8. The lowest BCUT2D eigenvalue weighted by Crippen LogP contribution is -3.04. The predicted octanol–water partition coefficient (Wildman–Crippen LogP) is 1.56. The molecule has 2 aromatic rings. The number of fused-ring (bicyclic) bond motifs is 1. The molecule has 1 aliphatic heterocycles. The minimum atomic E-state index is -0.496. The molecular formula is C18H17N2O5+. The van der Waals surface area contributed by atoms with Gasteiger partial charge < -0.3 is 14.7 Å². The Morgan fingerprint density at radius 1 is 1.28 bits per heavy atom. The molecule has 0 unspecified atom stereocenters. The van der Waals surface area contributed by atoms with Crippen molar-refractivity contribution < 1.29 is 24.5 Å². The Labute approximate surface area is 143 Å². The fourth-order valence-electron chi connectivity index (χ4n) is 2.70. The number of carbonyl (C=O) groups is 1. The first-order chi connectivity index (χ1) is 11.9. The highest BCUT2D eigenvalue weighted by Gasteiger charge is 2.32. The lowest BCUT2D eigenvalue weighted by Gasteiger charge is -2.11. The third-order valence-corrected chi connectivity index (χ3v) is 3.83. The number of nitrogens with one attached hydrogen (secondary N) is 1. The number of aromatic hydroxyl groups is 1. The van der Waals surface area contributed by atoms with Crippen LogP contribution in [-0.2, 0) is 6.54 Å². The first kappa shape index (κ1) is 16.7. The van der Waals surface area contributed by atoms with E-state index in [1.165, 1.54) is 30.3 Å². The molecule has 1 aliphatic rings. The highest BCUT2D eigenvalue weighted by Crippen LogP contribution is 2.39. The summed E-state index contributed by atoms with van der Waals surface area (Å²) in [5, 5.41) is 21.0. The van der Waals surface area contributed by atoms with E-state index in [1.54, 1.807) is 12.1 Å². The van der Waals surface area contributed by atoms with Gasteiger partial charge in [-0.2, -0.15) is 0 Å². The van der Waals surface area contributed by atoms with Crippen LogP contribution in [0.3, 0.4) is 0 Å². The van der Waals surface area contributed by atoms with Gasteiger partial charge in [-0.25, -0.2) is 0 Å². The number of rotatable bonds is 4. The van der Waals surface area contributed by atoms with E-state index in [4.69, 9.17) is 4.74 Å². The van der Waals surface area contributed by atoms with Crippen molar-refractivity contribution in [1.29, 1.82) is 0 Å². The molecule has 0 aromatic heterocycles. The number of quaternary nitrogens is 1. The second-order valence-corrected chi connectivity index (χ2v) is 6.12. The number of ketones is 1. The number of ether oxygens (including phenoxy) is 1. The molecule has 0 spiro atoms. The van der Waals surface area contributed by atoms with E-state index in [9.17, 15) is 20.0 Å². The number of nitrogens with zero attached hydrogens (tertiary/aromatic N) is 1. The lowest BCUT2D eigenvalue weighted by molar-refractivity contribution is -0.872. The number of carbonyl (C=O) groups excluding carboxylic acids is 1. The Morgan fingerprint density at radius 2 is 2.04 bits per heavy atom. The summed E-state index contributed by atoms with van der Waals surface area (Å²) < 4.78 is 5.70. The molecule has 128 valence electrons. The normalized spacial score (nSPS) is 14.7. The van der Waals surface area contributed by atoms with E-state index in [1.807, 2.05) is 14.1 Å². The zero-order chi connectivity index (χ0) is 18.1. The fourth-order valence-corrected chi connectivity index (χ4v) is 2.70. The summed E-state index contributed by atoms with van der Waals surface area (Å²) in [5.74, 6) is 0.194. The van der Waals surface area contributed by atoms with Gasteiger partial charge in [0.15, 0.2) is 11.5 Å². The van der Waals surface area contributed by atoms with Crippen molar-refractivity contribution in [3.63, 3.8) is 0 Å². The molecule has 0 atom stereocenters. The molecule has 3 rings (SSSR count). The molecule has 7 heteroatoms. The smallest absolute Gasteiger partial charge is 0.270 e. The average Bonchev–Trinajstić information content (AvgIpc) is 2.87. The van der Waals surface area contributed by atoms with E-state index < -0.39 is 4.92 Å². The van der Waals surface area contributed by atoms with E-state index >= 15 is 0 Å². The minimum absolute atomic E-state index is 0.0631. The largest absolute Gasteiger partial charge is 0.507 e. The van der Waals surface area contributed by atoms with E-state index in [2.05, 4.69) is 0 Å². The average molecular weight is 341 g/mol. The van der Waals surface area contributed by atoms with Crippen LogP contribution in [-0.4, -0.2) is 29.9 Å². The summed E-state index contributed by atoms with van der Waals surface area (Å²) in [4.78, 5) is 24.0. The molecule has 7 nitrogen and oxygen atoms in total. The lowest BCUT2D eigenvalue weighted by atomic mass is 10.0. The van der Waals surface area contributed by atoms with Crippen LogP contribution in [0.4, 0.5) is 5.69 Å². The number of phenols is 1. The summed E-state index contributed by atoms with van der Waals surface area (Å²) in [7, 11) is 3.85. The number of allylic oxidation sites excluding steroid dienone is 1. The second-order valence-electron chi connectivity index (χ2n) is 6.12. The molecule has 0 saturated carbocycles. The summed E-state index contributed by atoms with van der Waals surface area (Å²) in [6.07, 6.45) is 1.47. The Kier molecular flexibility index (Phi) is 4.24. The predicted molar refractivity (Wildman–Crippen MR) is 90.7 cm³/mol. The Bertz CT molecular complexity index is 902. The molecular weight excluding hydrogens is 324 g/mol. The summed E-state index contributed by atoms with van der Waals surface area (Å²) >= 11 is 0. The van der Waals surface area contributed by atoms with Crippen LogP contribution in [0.1, 0.15) is 21.5 Å². The molecule has 1 heterocycles. The van der Waals surface area contributed by atoms with Gasteiger partial charge in [0.1, 0.15) is 12.3 Å². The van der Waals surface area contributed by atoms with E-state index in [0.717, 1.165) is 4.90 Å². The summed E-state index contributed by atoms with van der Waals surface area (Å²) in [6, 6.07) is 8.95. The number of hydrogen-bond donors (Lipinski definition) is 2. The van der Waals surface area contributed by atoms with Gasteiger partial charge in [0.2, 0.25) is 5.78 Å². The SMILES string of the molecule is C[NH+](C)Cc1c(O)ccc2c1O/C(=C\c1cccc([N+](=O)[O-])c1)C2=O. The van der Waals surface area contributed by atoms with E-state index in [0.29, 0.717) is 29.0 Å². The van der Waals surface area contributed by atoms with Crippen LogP contribution in [0.15, 0.2) is 42.2 Å². The van der Waals surface area contributed by atoms with Gasteiger partial charge in [-0.1, -0.05) is 12.1 Å². The number of phenolic OH excluding ortho intramolecular Hbond substituents is 1. The van der Waals surface area contributed by atoms with Crippen molar-refractivity contribution in [2.45, 2.75) is 6.54 Å². The first-order valence-electron chi connectivity index (χ1n) is 7.69. The number of Topliss-reactive ketones (excluding diaryl/α,β-unsaturated/α-hetero) is 1. The topological polar surface area (TPSA) is 94.1 Å². The molecule has 0 radical (unpaired) electrons. The van der Waals surface area contributed by atoms with Gasteiger partial charge in [0.25, 0.3) is 5.69 Å². The maximum Gasteiger partial charge on any atom is 0.270 e. The number of hydrogen-bond acceptors (Lipinski definition) is 5. The van der Waals surface area contributed by atoms with Crippen LogP contribution < -0.4 is 9.64 Å². The standard InChI is InChI=1S/C18H16N2O5/c1-19(2)10-14-15(21)7-6-13-17(22)16(25-18(13)14)9-11-4-3-5-12(8-11)20(23)24/h3-9,21H,10H2,1-2H3/p+1/b16-9-. The van der Waals surface area contributed by atoms with Crippen molar-refractivity contribution in [3.8, 4) is 11.5 Å². The maximum absolute atomic E-state index is 12.6. The van der Waals surface area contributed by atoms with Gasteiger partial charge in [0, 0.05) is 12.1 Å². The van der Waals surface area contributed by atoms with Crippen molar-refractivity contribution >= 4 is 17.5 Å². The molecule has 0 saturated heterocycles. The second kappa shape index (κ2) is 6.37. The van der Waals surface area contributed by atoms with Gasteiger partial charge in [0.05, 0.1) is 30.1 Å².